The van der Waals surface area contributed by atoms with Crippen molar-refractivity contribution in [1.82, 2.24) is 0 Å². The third-order valence-electron chi connectivity index (χ3n) is 2.17. The first-order valence-electron chi connectivity index (χ1n) is 5.23. The van der Waals surface area contributed by atoms with Crippen LogP contribution in [0.2, 0.25) is 8.67 Å². The fourth-order valence-corrected chi connectivity index (χ4v) is 4.02. The van der Waals surface area contributed by atoms with Crippen molar-refractivity contribution in [3.8, 4) is 0 Å². The molecular weight excluding hydrogens is 299 g/mol. The quantitative estimate of drug-likeness (QED) is 0.743. The van der Waals surface area contributed by atoms with Crippen molar-refractivity contribution in [2.24, 2.45) is 5.92 Å². The third kappa shape index (κ3) is 5.08. The molecule has 17 heavy (non-hydrogen) atoms. The molecule has 0 amide bonds. The highest BCUT2D eigenvalue weighted by atomic mass is 35.5. The molecule has 0 N–H and O–H groups in total. The molecule has 1 heterocycles. The van der Waals surface area contributed by atoms with Crippen molar-refractivity contribution in [2.45, 2.75) is 20.3 Å². The molecule has 0 bridgehead atoms. The van der Waals surface area contributed by atoms with Crippen LogP contribution >= 0.6 is 34.5 Å². The Kier molecular flexibility index (Phi) is 6.13. The van der Waals surface area contributed by atoms with Crippen molar-refractivity contribution >= 4 is 51.1 Å². The summed E-state index contributed by atoms with van der Waals surface area (Å²) in [5, 5.41) is 0. The van der Waals surface area contributed by atoms with Gasteiger partial charge in [-0.2, -0.15) is 0 Å². The predicted octanol–water partition coefficient (Wildman–Crippen LogP) is 4.03. The normalized spacial score (nSPS) is 13.0. The summed E-state index contributed by atoms with van der Waals surface area (Å²) in [6.45, 7) is 4.13. The zero-order valence-corrected chi connectivity index (χ0v) is 12.8. The van der Waals surface area contributed by atoms with Crippen molar-refractivity contribution in [3.05, 3.63) is 20.3 Å². The molecule has 1 aromatic heterocycles. The monoisotopic (exact) mass is 312 g/mol. The Morgan fingerprint density at radius 1 is 1.47 bits per heavy atom. The van der Waals surface area contributed by atoms with E-state index in [2.05, 4.69) is 13.8 Å². The fourth-order valence-electron chi connectivity index (χ4n) is 1.19. The van der Waals surface area contributed by atoms with Crippen molar-refractivity contribution in [2.75, 3.05) is 11.5 Å². The molecule has 0 aliphatic carbocycles. The lowest BCUT2D eigenvalue weighted by molar-refractivity contribution is 0.102. The molecule has 0 radical (unpaired) electrons. The van der Waals surface area contributed by atoms with Crippen molar-refractivity contribution in [3.63, 3.8) is 0 Å². The Balaban J connectivity index is 2.55. The van der Waals surface area contributed by atoms with Crippen LogP contribution in [-0.2, 0) is 10.8 Å². The molecule has 0 saturated heterocycles. The zero-order valence-electron chi connectivity index (χ0n) is 9.66. The van der Waals surface area contributed by atoms with Crippen LogP contribution in [0.1, 0.15) is 30.6 Å². The Labute approximate surface area is 118 Å². The van der Waals surface area contributed by atoms with Gasteiger partial charge in [-0.25, -0.2) is 0 Å². The number of Topliss-reactive ketones (excluding diaryl/α,β-unsaturated/α-hetero) is 1. The Morgan fingerprint density at radius 2 is 2.12 bits per heavy atom. The lowest BCUT2D eigenvalue weighted by Gasteiger charge is -2.04. The van der Waals surface area contributed by atoms with Gasteiger partial charge in [0.15, 0.2) is 5.78 Å². The van der Waals surface area contributed by atoms with Crippen LogP contribution in [0.5, 0.6) is 0 Å². The minimum Gasteiger partial charge on any atom is -0.293 e. The average molecular weight is 313 g/mol. The van der Waals surface area contributed by atoms with Gasteiger partial charge in [0.1, 0.15) is 4.34 Å². The van der Waals surface area contributed by atoms with E-state index in [1.807, 2.05) is 0 Å². The molecular formula is C11H14Cl2O2S2. The standard InChI is InChI=1S/C11H14Cl2O2S2/c1-7(2)3-4-17(15)6-9(14)8-5-10(12)16-11(8)13/h5,7H,3-4,6H2,1-2H3. The summed E-state index contributed by atoms with van der Waals surface area (Å²) in [7, 11) is -1.12. The number of hydrogen-bond acceptors (Lipinski definition) is 3. The van der Waals surface area contributed by atoms with Crippen LogP contribution in [0.4, 0.5) is 0 Å². The lowest BCUT2D eigenvalue weighted by Crippen LogP contribution is -2.14. The van der Waals surface area contributed by atoms with Crippen LogP contribution < -0.4 is 0 Å². The minimum absolute atomic E-state index is 0.0273. The maximum Gasteiger partial charge on any atom is 0.177 e. The molecule has 6 heteroatoms. The first-order valence-corrected chi connectivity index (χ1v) is 8.29. The number of ketones is 1. The van der Waals surface area contributed by atoms with Gasteiger partial charge >= 0.3 is 0 Å². The van der Waals surface area contributed by atoms with Gasteiger partial charge < -0.3 is 0 Å². The van der Waals surface area contributed by atoms with E-state index < -0.39 is 10.8 Å². The maximum absolute atomic E-state index is 11.8. The van der Waals surface area contributed by atoms with Crippen LogP contribution in [0.15, 0.2) is 6.07 Å². The smallest absolute Gasteiger partial charge is 0.177 e. The molecule has 0 fully saturated rings. The Bertz CT molecular complexity index is 427. The van der Waals surface area contributed by atoms with E-state index in [1.165, 1.54) is 6.07 Å². The van der Waals surface area contributed by atoms with E-state index in [0.29, 0.717) is 25.9 Å². The molecule has 0 aliphatic heterocycles. The topological polar surface area (TPSA) is 34.1 Å². The maximum atomic E-state index is 11.8. The zero-order chi connectivity index (χ0) is 13.0. The number of carbonyl (C=O) groups excluding carboxylic acids is 1. The highest BCUT2D eigenvalue weighted by Gasteiger charge is 2.16. The number of carbonyl (C=O) groups is 1. The number of thiophene rings is 1. The van der Waals surface area contributed by atoms with E-state index in [0.717, 1.165) is 17.8 Å². The summed E-state index contributed by atoms with van der Waals surface area (Å²) in [6, 6.07) is 1.54. The van der Waals surface area contributed by atoms with Crippen LogP contribution in [-0.4, -0.2) is 21.5 Å². The number of hydrogen-bond donors (Lipinski definition) is 0. The van der Waals surface area contributed by atoms with Crippen molar-refractivity contribution in [1.29, 1.82) is 0 Å². The summed E-state index contributed by atoms with van der Waals surface area (Å²) >= 11 is 12.8. The van der Waals surface area contributed by atoms with Crippen LogP contribution in [0, 0.1) is 5.92 Å². The summed E-state index contributed by atoms with van der Waals surface area (Å²) in [5.41, 5.74) is 0.388. The second kappa shape index (κ2) is 6.88. The van der Waals surface area contributed by atoms with Crippen molar-refractivity contribution < 1.29 is 9.00 Å². The van der Waals surface area contributed by atoms with Gasteiger partial charge in [-0.1, -0.05) is 37.0 Å². The van der Waals surface area contributed by atoms with Gasteiger partial charge in [0.05, 0.1) is 10.1 Å². The molecule has 96 valence electrons. The number of rotatable bonds is 6. The highest BCUT2D eigenvalue weighted by molar-refractivity contribution is 7.85. The molecule has 0 aromatic carbocycles. The van der Waals surface area contributed by atoms with E-state index in [4.69, 9.17) is 23.2 Å². The lowest BCUT2D eigenvalue weighted by atomic mass is 10.2. The molecule has 1 aromatic rings. The van der Waals surface area contributed by atoms with E-state index in [-0.39, 0.29) is 11.5 Å². The van der Waals surface area contributed by atoms with Gasteiger partial charge in [0.25, 0.3) is 0 Å². The number of halogens is 2. The van der Waals surface area contributed by atoms with Gasteiger partial charge in [0.2, 0.25) is 0 Å². The second-order valence-corrected chi connectivity index (χ2v) is 7.99. The molecule has 0 saturated carbocycles. The fraction of sp³-hybridized carbons (Fsp3) is 0.545. The Morgan fingerprint density at radius 3 is 2.59 bits per heavy atom. The molecule has 0 aliphatic rings. The second-order valence-electron chi connectivity index (χ2n) is 4.13. The summed E-state index contributed by atoms with van der Waals surface area (Å²) in [4.78, 5) is 11.8. The van der Waals surface area contributed by atoms with Gasteiger partial charge in [0, 0.05) is 22.1 Å². The van der Waals surface area contributed by atoms with E-state index in [9.17, 15) is 9.00 Å². The summed E-state index contributed by atoms with van der Waals surface area (Å²) in [6.07, 6.45) is 0.859. The summed E-state index contributed by atoms with van der Waals surface area (Å²) < 4.78 is 12.5. The molecule has 2 nitrogen and oxygen atoms in total. The first-order chi connectivity index (χ1) is 7.90. The van der Waals surface area contributed by atoms with E-state index >= 15 is 0 Å². The van der Waals surface area contributed by atoms with Crippen LogP contribution in [0.25, 0.3) is 0 Å². The SMILES string of the molecule is CC(C)CCS(=O)CC(=O)c1cc(Cl)sc1Cl. The molecule has 1 rings (SSSR count). The third-order valence-corrected chi connectivity index (χ3v) is 4.93. The molecule has 1 atom stereocenters. The predicted molar refractivity (Wildman–Crippen MR) is 76.0 cm³/mol. The molecule has 1 unspecified atom stereocenters. The molecule has 0 spiro atoms. The first kappa shape index (κ1) is 15.2. The van der Waals surface area contributed by atoms with Gasteiger partial charge in [-0.05, 0) is 18.4 Å². The summed E-state index contributed by atoms with van der Waals surface area (Å²) in [5.74, 6) is 0.881. The van der Waals surface area contributed by atoms with E-state index in [1.54, 1.807) is 0 Å². The van der Waals surface area contributed by atoms with Gasteiger partial charge in [-0.3, -0.25) is 9.00 Å². The van der Waals surface area contributed by atoms with Gasteiger partial charge in [-0.15, -0.1) is 11.3 Å². The highest BCUT2D eigenvalue weighted by Crippen LogP contribution is 2.31. The largest absolute Gasteiger partial charge is 0.293 e. The average Bonchev–Trinajstić information content (AvgIpc) is 2.55. The van der Waals surface area contributed by atoms with Crippen LogP contribution in [0.3, 0.4) is 0 Å². The Hall–Kier alpha value is 0.1000. The minimum atomic E-state index is -1.12.